The molecule has 0 aliphatic carbocycles. The van der Waals surface area contributed by atoms with Crippen LogP contribution in [0.15, 0.2) is 84.2 Å². The Morgan fingerprint density at radius 2 is 1.59 bits per heavy atom. The van der Waals surface area contributed by atoms with Gasteiger partial charge in [0, 0.05) is 22.1 Å². The normalized spacial score (nSPS) is 11.9. The van der Waals surface area contributed by atoms with E-state index in [1.54, 1.807) is 18.4 Å². The third-order valence-corrected chi connectivity index (χ3v) is 5.99. The second kappa shape index (κ2) is 9.03. The van der Waals surface area contributed by atoms with Gasteiger partial charge in [-0.25, -0.2) is 4.98 Å². The van der Waals surface area contributed by atoms with Crippen molar-refractivity contribution in [1.29, 1.82) is 0 Å². The number of methoxy groups -OCH3 is 1. The Kier molecular flexibility index (Phi) is 6.03. The highest BCUT2D eigenvalue weighted by molar-refractivity contribution is 7.13. The Balaban J connectivity index is 1.52. The summed E-state index contributed by atoms with van der Waals surface area (Å²) in [5, 5.41) is 5.57. The Bertz CT molecular complexity index is 1040. The lowest BCUT2D eigenvalue weighted by molar-refractivity contribution is -0.702. The van der Waals surface area contributed by atoms with Gasteiger partial charge in [-0.2, -0.15) is 0 Å². The number of nitrogens with zero attached hydrogens (tertiary/aromatic N) is 1. The maximum atomic E-state index is 5.24. The average Bonchev–Trinajstić information content (AvgIpc) is 3.25. The van der Waals surface area contributed by atoms with Crippen LogP contribution in [0, 0.1) is 6.92 Å². The van der Waals surface area contributed by atoms with Crippen LogP contribution in [0.5, 0.6) is 5.75 Å². The highest BCUT2D eigenvalue weighted by Gasteiger charge is 2.18. The molecule has 0 radical (unpaired) electrons. The van der Waals surface area contributed by atoms with Crippen LogP contribution in [0.25, 0.3) is 10.6 Å². The van der Waals surface area contributed by atoms with Gasteiger partial charge in [-0.05, 0) is 31.2 Å². The summed E-state index contributed by atoms with van der Waals surface area (Å²) in [6.07, 6.45) is 0. The lowest BCUT2D eigenvalue weighted by Gasteiger charge is -2.16. The van der Waals surface area contributed by atoms with Crippen LogP contribution in [-0.2, 0) is 6.54 Å². The maximum Gasteiger partial charge on any atom is 0.138 e. The first-order valence-corrected chi connectivity index (χ1v) is 10.6. The van der Waals surface area contributed by atoms with E-state index in [2.05, 4.69) is 84.4 Å². The summed E-state index contributed by atoms with van der Waals surface area (Å²) in [6.45, 7) is 2.96. The van der Waals surface area contributed by atoms with Crippen LogP contribution in [-0.4, -0.2) is 12.1 Å². The highest BCUT2D eigenvalue weighted by Crippen LogP contribution is 2.26. The number of quaternary nitrogens is 1. The zero-order valence-corrected chi connectivity index (χ0v) is 17.5. The van der Waals surface area contributed by atoms with Crippen molar-refractivity contribution in [2.24, 2.45) is 0 Å². The number of hydrogen-bond acceptors (Lipinski definition) is 3. The Hall–Kier alpha value is -2.95. The topological polar surface area (TPSA) is 38.7 Å². The first-order chi connectivity index (χ1) is 14.2. The van der Waals surface area contributed by atoms with E-state index < -0.39 is 0 Å². The fourth-order valence-electron chi connectivity index (χ4n) is 3.40. The minimum Gasteiger partial charge on any atom is -0.497 e. The molecule has 0 spiro atoms. The standard InChI is InChI=1S/C25H24N2OS/c1-18-8-10-20(11-9-18)24(19-6-4-3-5-7-19)26-16-22-17-29-25(27-22)21-12-14-23(28-2)15-13-21/h3-15,17,24,26H,16H2,1-2H3/p+1/t24-/m1/s1. The predicted octanol–water partition coefficient (Wildman–Crippen LogP) is 4.98. The van der Waals surface area contributed by atoms with Gasteiger partial charge in [-0.3, -0.25) is 0 Å². The number of ether oxygens (including phenoxy) is 1. The minimum atomic E-state index is 0.253. The number of aromatic nitrogens is 1. The Morgan fingerprint density at radius 1 is 0.897 bits per heavy atom. The van der Waals surface area contributed by atoms with Crippen LogP contribution in [0.3, 0.4) is 0 Å². The molecule has 0 fully saturated rings. The number of hydrogen-bond donors (Lipinski definition) is 1. The molecule has 0 unspecified atom stereocenters. The molecule has 4 heteroatoms. The van der Waals surface area contributed by atoms with Gasteiger partial charge in [0.25, 0.3) is 0 Å². The van der Waals surface area contributed by atoms with Crippen LogP contribution in [0.4, 0.5) is 0 Å². The molecule has 29 heavy (non-hydrogen) atoms. The summed E-state index contributed by atoms with van der Waals surface area (Å²) in [5.74, 6) is 0.864. The number of aryl methyl sites for hydroxylation is 1. The largest absolute Gasteiger partial charge is 0.497 e. The summed E-state index contributed by atoms with van der Waals surface area (Å²) in [7, 11) is 1.68. The monoisotopic (exact) mass is 401 g/mol. The molecule has 2 N–H and O–H groups in total. The Labute approximate surface area is 176 Å². The molecule has 4 rings (SSSR count). The summed E-state index contributed by atoms with van der Waals surface area (Å²) in [4.78, 5) is 4.86. The Morgan fingerprint density at radius 3 is 2.28 bits per heavy atom. The molecule has 0 amide bonds. The van der Waals surface area contributed by atoms with Gasteiger partial charge in [0.15, 0.2) is 0 Å². The van der Waals surface area contributed by atoms with Crippen LogP contribution in [0.2, 0.25) is 0 Å². The summed E-state index contributed by atoms with van der Waals surface area (Å²) >= 11 is 1.69. The van der Waals surface area contributed by atoms with Gasteiger partial charge >= 0.3 is 0 Å². The SMILES string of the molecule is COc1ccc(-c2nc(C[NH2+][C@H](c3ccccc3)c3ccc(C)cc3)cs2)cc1. The fraction of sp³-hybridized carbons (Fsp3) is 0.160. The van der Waals surface area contributed by atoms with Crippen LogP contribution in [0.1, 0.15) is 28.4 Å². The third kappa shape index (κ3) is 4.73. The molecule has 1 atom stereocenters. The lowest BCUT2D eigenvalue weighted by Crippen LogP contribution is -2.84. The van der Waals surface area contributed by atoms with E-state index in [4.69, 9.17) is 9.72 Å². The molecule has 1 aromatic heterocycles. The van der Waals surface area contributed by atoms with Gasteiger partial charge < -0.3 is 10.1 Å². The quantitative estimate of drug-likeness (QED) is 0.474. The van der Waals surface area contributed by atoms with E-state index in [-0.39, 0.29) is 6.04 Å². The minimum absolute atomic E-state index is 0.253. The number of nitrogens with two attached hydrogens (primary N) is 1. The first kappa shape index (κ1) is 19.4. The first-order valence-electron chi connectivity index (χ1n) is 9.76. The predicted molar refractivity (Wildman–Crippen MR) is 119 cm³/mol. The van der Waals surface area contributed by atoms with Crippen molar-refractivity contribution < 1.29 is 10.1 Å². The molecule has 0 aliphatic rings. The third-order valence-electron chi connectivity index (χ3n) is 5.05. The maximum absolute atomic E-state index is 5.24. The summed E-state index contributed by atoms with van der Waals surface area (Å²) < 4.78 is 5.24. The van der Waals surface area contributed by atoms with Crippen molar-refractivity contribution >= 4 is 11.3 Å². The van der Waals surface area contributed by atoms with Gasteiger partial charge in [-0.1, -0.05) is 60.2 Å². The second-order valence-electron chi connectivity index (χ2n) is 7.11. The van der Waals surface area contributed by atoms with E-state index >= 15 is 0 Å². The second-order valence-corrected chi connectivity index (χ2v) is 7.97. The van der Waals surface area contributed by atoms with Crippen molar-refractivity contribution in [2.75, 3.05) is 7.11 Å². The van der Waals surface area contributed by atoms with Crippen molar-refractivity contribution in [3.63, 3.8) is 0 Å². The van der Waals surface area contributed by atoms with Crippen molar-refractivity contribution in [1.82, 2.24) is 4.98 Å². The van der Waals surface area contributed by atoms with Gasteiger partial charge in [0.2, 0.25) is 0 Å². The molecule has 0 saturated heterocycles. The molecular formula is C25H25N2OS+. The van der Waals surface area contributed by atoms with Crippen molar-refractivity contribution in [3.8, 4) is 16.3 Å². The van der Waals surface area contributed by atoms with Crippen molar-refractivity contribution in [2.45, 2.75) is 19.5 Å². The molecular weight excluding hydrogens is 376 g/mol. The molecule has 0 aliphatic heterocycles. The van der Waals surface area contributed by atoms with Crippen LogP contribution >= 0.6 is 11.3 Å². The molecule has 0 bridgehead atoms. The van der Waals surface area contributed by atoms with Crippen molar-refractivity contribution in [3.05, 3.63) is 107 Å². The average molecular weight is 402 g/mol. The van der Waals surface area contributed by atoms with Gasteiger partial charge in [0.05, 0.1) is 7.11 Å². The van der Waals surface area contributed by atoms with E-state index in [9.17, 15) is 0 Å². The number of rotatable bonds is 7. The lowest BCUT2D eigenvalue weighted by atomic mass is 9.98. The molecule has 3 nitrogen and oxygen atoms in total. The smallest absolute Gasteiger partial charge is 0.138 e. The zero-order chi connectivity index (χ0) is 20.1. The van der Waals surface area contributed by atoms with E-state index in [0.29, 0.717) is 0 Å². The fourth-order valence-corrected chi connectivity index (χ4v) is 4.24. The highest BCUT2D eigenvalue weighted by atomic mass is 32.1. The number of thiazole rings is 1. The molecule has 3 aromatic carbocycles. The zero-order valence-electron chi connectivity index (χ0n) is 16.7. The van der Waals surface area contributed by atoms with E-state index in [0.717, 1.165) is 28.6 Å². The van der Waals surface area contributed by atoms with Gasteiger partial charge in [-0.15, -0.1) is 11.3 Å². The summed E-state index contributed by atoms with van der Waals surface area (Å²) in [5.41, 5.74) is 6.13. The van der Waals surface area contributed by atoms with Crippen LogP contribution < -0.4 is 10.1 Å². The molecule has 1 heterocycles. The molecule has 4 aromatic rings. The van der Waals surface area contributed by atoms with Gasteiger partial charge in [0.1, 0.15) is 29.0 Å². The number of benzene rings is 3. The van der Waals surface area contributed by atoms with E-state index in [1.165, 1.54) is 16.7 Å². The summed E-state index contributed by atoms with van der Waals surface area (Å²) in [6, 6.07) is 27.8. The molecule has 0 saturated carbocycles. The van der Waals surface area contributed by atoms with E-state index in [1.807, 2.05) is 12.1 Å². The molecule has 146 valence electrons.